The number of carbonyl (C=O) groups excluding carboxylic acids is 1. The number of ether oxygens (including phenoxy) is 1. The summed E-state index contributed by atoms with van der Waals surface area (Å²) in [6.07, 6.45) is -1.29. The zero-order valence-electron chi connectivity index (χ0n) is 22.2. The minimum Gasteiger partial charge on any atom is -0.370 e. The van der Waals surface area contributed by atoms with Crippen LogP contribution in [0.5, 0.6) is 0 Å². The SMILES string of the molecule is CN(C)C(c1ccc(F)cc1)C1CCC(NC(=O)COCCN(C)S(=O)(=O)c2cccc(C(F)(F)F)c2)CC1. The molecule has 0 spiro atoms. The second-order valence-corrected chi connectivity index (χ2v) is 12.1. The number of hydrogen-bond donors (Lipinski definition) is 1. The smallest absolute Gasteiger partial charge is 0.370 e. The Balaban J connectivity index is 1.42. The van der Waals surface area contributed by atoms with Gasteiger partial charge in [-0.1, -0.05) is 18.2 Å². The average molecular weight is 574 g/mol. The number of rotatable bonds is 11. The molecule has 0 radical (unpaired) electrons. The van der Waals surface area contributed by atoms with Crippen molar-refractivity contribution in [2.24, 2.45) is 5.92 Å². The number of benzene rings is 2. The molecular weight excluding hydrogens is 538 g/mol. The summed E-state index contributed by atoms with van der Waals surface area (Å²) in [7, 11) is 1.09. The summed E-state index contributed by atoms with van der Waals surface area (Å²) in [5.41, 5.74) is 0.00828. The second-order valence-electron chi connectivity index (χ2n) is 10.0. The van der Waals surface area contributed by atoms with E-state index in [-0.39, 0.29) is 43.6 Å². The molecule has 39 heavy (non-hydrogen) atoms. The molecule has 0 bridgehead atoms. The van der Waals surface area contributed by atoms with E-state index in [1.54, 1.807) is 0 Å². The molecule has 3 rings (SSSR count). The fourth-order valence-corrected chi connectivity index (χ4v) is 6.19. The van der Waals surface area contributed by atoms with Crippen molar-refractivity contribution in [3.63, 3.8) is 0 Å². The Morgan fingerprint density at radius 1 is 1.05 bits per heavy atom. The summed E-state index contributed by atoms with van der Waals surface area (Å²) < 4.78 is 83.7. The molecule has 216 valence electrons. The fourth-order valence-electron chi connectivity index (χ4n) is 4.99. The predicted molar refractivity (Wildman–Crippen MR) is 139 cm³/mol. The molecular formula is C27H35F4N3O4S. The number of carbonyl (C=O) groups is 1. The first kappa shape index (κ1) is 31.0. The van der Waals surface area contributed by atoms with Gasteiger partial charge in [0.2, 0.25) is 15.9 Å². The van der Waals surface area contributed by atoms with E-state index in [1.165, 1.54) is 19.2 Å². The number of sulfonamides is 1. The Kier molecular flexibility index (Phi) is 10.5. The minimum absolute atomic E-state index is 0.00246. The zero-order chi connectivity index (χ0) is 28.8. The Labute approximate surface area is 227 Å². The number of halogens is 4. The molecule has 1 N–H and O–H groups in total. The maximum Gasteiger partial charge on any atom is 0.416 e. The summed E-state index contributed by atoms with van der Waals surface area (Å²) in [6, 6.07) is 10.3. The third-order valence-electron chi connectivity index (χ3n) is 7.00. The monoisotopic (exact) mass is 573 g/mol. The standard InChI is InChI=1S/C27H35F4N3O4S/c1-33(2)26(19-7-11-22(28)12-8-19)20-9-13-23(14-10-20)32-25(35)18-38-16-15-34(3)39(36,37)24-6-4-5-21(17-24)27(29,30)31/h4-8,11-12,17,20,23,26H,9-10,13-16,18H2,1-3H3,(H,32,35). The van der Waals surface area contributed by atoms with Crippen LogP contribution in [0.4, 0.5) is 17.6 Å². The van der Waals surface area contributed by atoms with Crippen molar-refractivity contribution in [3.05, 3.63) is 65.5 Å². The van der Waals surface area contributed by atoms with E-state index in [2.05, 4.69) is 10.2 Å². The lowest BCUT2D eigenvalue weighted by Crippen LogP contribution is -2.41. The molecule has 0 saturated heterocycles. The van der Waals surface area contributed by atoms with Crippen LogP contribution in [-0.2, 0) is 25.7 Å². The third kappa shape index (κ3) is 8.47. The van der Waals surface area contributed by atoms with Gasteiger partial charge in [0.15, 0.2) is 0 Å². The number of nitrogens with zero attached hydrogens (tertiary/aromatic N) is 2. The van der Waals surface area contributed by atoms with Crippen LogP contribution in [0.15, 0.2) is 53.4 Å². The van der Waals surface area contributed by atoms with E-state index in [9.17, 15) is 30.8 Å². The Morgan fingerprint density at radius 2 is 1.69 bits per heavy atom. The van der Waals surface area contributed by atoms with Crippen LogP contribution in [0.2, 0.25) is 0 Å². The van der Waals surface area contributed by atoms with Gasteiger partial charge in [-0.3, -0.25) is 4.79 Å². The van der Waals surface area contributed by atoms with Gasteiger partial charge in [-0.25, -0.2) is 12.8 Å². The van der Waals surface area contributed by atoms with Crippen LogP contribution in [0, 0.1) is 11.7 Å². The van der Waals surface area contributed by atoms with Crippen molar-refractivity contribution in [3.8, 4) is 0 Å². The van der Waals surface area contributed by atoms with Crippen LogP contribution < -0.4 is 5.32 Å². The topological polar surface area (TPSA) is 79.0 Å². The number of nitrogens with one attached hydrogen (secondary N) is 1. The maximum absolute atomic E-state index is 13.4. The highest BCUT2D eigenvalue weighted by atomic mass is 32.2. The van der Waals surface area contributed by atoms with Crippen molar-refractivity contribution in [1.29, 1.82) is 0 Å². The highest BCUT2D eigenvalue weighted by molar-refractivity contribution is 7.89. The molecule has 2 aromatic rings. The summed E-state index contributed by atoms with van der Waals surface area (Å²) >= 11 is 0. The normalized spacial score (nSPS) is 19.3. The number of likely N-dealkylation sites (N-methyl/N-ethyl adjacent to an activating group) is 1. The van der Waals surface area contributed by atoms with Gasteiger partial charge in [-0.05, 0) is 81.6 Å². The molecule has 0 heterocycles. The molecule has 1 atom stereocenters. The van der Waals surface area contributed by atoms with Crippen LogP contribution in [0.3, 0.4) is 0 Å². The van der Waals surface area contributed by atoms with Crippen molar-refractivity contribution in [2.45, 2.75) is 48.8 Å². The third-order valence-corrected chi connectivity index (χ3v) is 8.86. The van der Waals surface area contributed by atoms with E-state index in [0.29, 0.717) is 12.0 Å². The van der Waals surface area contributed by atoms with Gasteiger partial charge in [-0.2, -0.15) is 17.5 Å². The number of alkyl halides is 3. The predicted octanol–water partition coefficient (Wildman–Crippen LogP) is 4.46. The largest absolute Gasteiger partial charge is 0.416 e. The van der Waals surface area contributed by atoms with Gasteiger partial charge < -0.3 is 15.0 Å². The Hall–Kier alpha value is -2.54. The van der Waals surface area contributed by atoms with Crippen LogP contribution >= 0.6 is 0 Å². The molecule has 1 aliphatic carbocycles. The summed E-state index contributed by atoms with van der Waals surface area (Å²) in [5.74, 6) is -0.220. The highest BCUT2D eigenvalue weighted by Crippen LogP contribution is 2.37. The van der Waals surface area contributed by atoms with Crippen molar-refractivity contribution in [2.75, 3.05) is 40.9 Å². The molecule has 0 aliphatic heterocycles. The second kappa shape index (κ2) is 13.2. The van der Waals surface area contributed by atoms with E-state index >= 15 is 0 Å². The first-order valence-corrected chi connectivity index (χ1v) is 14.2. The molecule has 1 saturated carbocycles. The van der Waals surface area contributed by atoms with E-state index in [4.69, 9.17) is 4.74 Å². The fraction of sp³-hybridized carbons (Fsp3) is 0.519. The minimum atomic E-state index is -4.66. The van der Waals surface area contributed by atoms with Crippen LogP contribution in [0.1, 0.15) is 42.9 Å². The van der Waals surface area contributed by atoms with E-state index in [1.807, 2.05) is 26.2 Å². The lowest BCUT2D eigenvalue weighted by molar-refractivity contribution is -0.137. The highest BCUT2D eigenvalue weighted by Gasteiger charge is 2.33. The molecule has 1 amide bonds. The summed E-state index contributed by atoms with van der Waals surface area (Å²) in [4.78, 5) is 14.0. The molecule has 0 aromatic heterocycles. The Bertz CT molecular complexity index is 1200. The first-order valence-electron chi connectivity index (χ1n) is 12.7. The van der Waals surface area contributed by atoms with Gasteiger partial charge in [0.25, 0.3) is 0 Å². The lowest BCUT2D eigenvalue weighted by atomic mass is 9.78. The van der Waals surface area contributed by atoms with Crippen LogP contribution in [0.25, 0.3) is 0 Å². The molecule has 2 aromatic carbocycles. The summed E-state index contributed by atoms with van der Waals surface area (Å²) in [6.45, 7) is -0.489. The first-order chi connectivity index (χ1) is 18.3. The molecule has 1 fully saturated rings. The van der Waals surface area contributed by atoms with Gasteiger partial charge >= 0.3 is 6.18 Å². The van der Waals surface area contributed by atoms with Gasteiger partial charge in [0.1, 0.15) is 12.4 Å². The van der Waals surface area contributed by atoms with Crippen molar-refractivity contribution in [1.82, 2.24) is 14.5 Å². The number of amides is 1. The van der Waals surface area contributed by atoms with Crippen molar-refractivity contribution < 1.29 is 35.5 Å². The molecule has 1 unspecified atom stereocenters. The molecule has 12 heteroatoms. The van der Waals surface area contributed by atoms with Gasteiger partial charge in [-0.15, -0.1) is 0 Å². The van der Waals surface area contributed by atoms with E-state index in [0.717, 1.165) is 53.8 Å². The average Bonchev–Trinajstić information content (AvgIpc) is 2.88. The maximum atomic E-state index is 13.4. The van der Waals surface area contributed by atoms with Gasteiger partial charge in [0, 0.05) is 25.7 Å². The lowest BCUT2D eigenvalue weighted by Gasteiger charge is -2.37. The molecule has 1 aliphatic rings. The van der Waals surface area contributed by atoms with Crippen molar-refractivity contribution >= 4 is 15.9 Å². The van der Waals surface area contributed by atoms with E-state index < -0.39 is 26.7 Å². The van der Waals surface area contributed by atoms with Crippen LogP contribution in [-0.4, -0.2) is 70.5 Å². The summed E-state index contributed by atoms with van der Waals surface area (Å²) in [5, 5.41) is 2.95. The zero-order valence-corrected chi connectivity index (χ0v) is 23.1. The molecule has 7 nitrogen and oxygen atoms in total. The quantitative estimate of drug-likeness (QED) is 0.317. The Morgan fingerprint density at radius 3 is 2.28 bits per heavy atom. The van der Waals surface area contributed by atoms with Gasteiger partial charge in [0.05, 0.1) is 17.1 Å². The number of hydrogen-bond acceptors (Lipinski definition) is 5.